The topological polar surface area (TPSA) is 38.0 Å². The predicted octanol–water partition coefficient (Wildman–Crippen LogP) is 13.3. The molecule has 7 heteroatoms. The van der Waals surface area contributed by atoms with Crippen molar-refractivity contribution >= 4 is 49.3 Å². The summed E-state index contributed by atoms with van der Waals surface area (Å²) in [7, 11) is 0. The van der Waals surface area contributed by atoms with Crippen molar-refractivity contribution in [3.8, 4) is 39.7 Å². The lowest BCUT2D eigenvalue weighted by atomic mass is 9.92. The van der Waals surface area contributed by atoms with Crippen LogP contribution in [0.1, 0.15) is 22.3 Å². The van der Waals surface area contributed by atoms with Gasteiger partial charge in [0.2, 0.25) is 0 Å². The zero-order chi connectivity index (χ0) is 37.3. The van der Waals surface area contributed by atoms with Crippen molar-refractivity contribution in [1.82, 2.24) is 9.13 Å². The fourth-order valence-electron chi connectivity index (χ4n) is 7.99. The molecule has 0 saturated heterocycles. The van der Waals surface area contributed by atoms with Gasteiger partial charge in [-0.1, -0.05) is 72.3 Å². The van der Waals surface area contributed by atoms with Crippen molar-refractivity contribution in [3.63, 3.8) is 0 Å². The van der Waals surface area contributed by atoms with Crippen LogP contribution in [-0.4, -0.2) is 9.13 Å². The molecule has 54 heavy (non-hydrogen) atoms. The molecule has 7 aromatic carbocycles. The van der Waals surface area contributed by atoms with E-state index in [2.05, 4.69) is 70.9 Å². The van der Waals surface area contributed by atoms with Crippen molar-refractivity contribution in [2.75, 3.05) is 0 Å². The van der Waals surface area contributed by atoms with Crippen LogP contribution in [0.15, 0.2) is 140 Å². The van der Waals surface area contributed by atoms with E-state index in [0.717, 1.165) is 66.9 Å². The van der Waals surface area contributed by atoms with Gasteiger partial charge in [-0.25, -0.2) is 4.85 Å². The Morgan fingerprint density at radius 2 is 1.24 bits per heavy atom. The summed E-state index contributed by atoms with van der Waals surface area (Å²) in [5.41, 5.74) is 10.4. The molecule has 0 aliphatic heterocycles. The van der Waals surface area contributed by atoms with E-state index in [-0.39, 0.29) is 0 Å². The Labute approximate surface area is 309 Å². The number of nitriles is 1. The maximum Gasteiger partial charge on any atom is 0.416 e. The smallest absolute Gasteiger partial charge is 0.310 e. The fraction of sp³-hybridized carbons (Fsp3) is 0.0638. The number of para-hydroxylation sites is 2. The minimum absolute atomic E-state index is 0.400. The monoisotopic (exact) mass is 706 g/mol. The molecule has 0 aliphatic carbocycles. The summed E-state index contributed by atoms with van der Waals surface area (Å²) < 4.78 is 46.3. The first-order valence-electron chi connectivity index (χ1n) is 17.4. The van der Waals surface area contributed by atoms with Gasteiger partial charge in [0.1, 0.15) is 0 Å². The van der Waals surface area contributed by atoms with Gasteiger partial charge in [0, 0.05) is 32.8 Å². The van der Waals surface area contributed by atoms with Gasteiger partial charge in [-0.2, -0.15) is 18.4 Å². The Morgan fingerprint density at radius 1 is 0.593 bits per heavy atom. The summed E-state index contributed by atoms with van der Waals surface area (Å²) in [6.45, 7) is 12.5. The molecule has 9 aromatic rings. The average Bonchev–Trinajstić information content (AvgIpc) is 3.69. The van der Waals surface area contributed by atoms with Crippen LogP contribution in [0.4, 0.5) is 18.9 Å². The first-order chi connectivity index (χ1) is 26.2. The first kappa shape index (κ1) is 32.8. The molecule has 0 spiro atoms. The van der Waals surface area contributed by atoms with Crippen molar-refractivity contribution in [1.29, 1.82) is 5.26 Å². The number of aryl methyl sites for hydroxylation is 2. The van der Waals surface area contributed by atoms with Crippen LogP contribution in [0, 0.1) is 31.8 Å². The Balaban J connectivity index is 1.43. The number of rotatable bonds is 4. The average molecular weight is 707 g/mol. The van der Waals surface area contributed by atoms with E-state index >= 15 is 0 Å². The van der Waals surface area contributed by atoms with Crippen LogP contribution in [0.3, 0.4) is 0 Å². The molecule has 0 atom stereocenters. The molecule has 0 aliphatic rings. The lowest BCUT2D eigenvalue weighted by molar-refractivity contribution is -0.137. The third kappa shape index (κ3) is 5.05. The van der Waals surface area contributed by atoms with E-state index in [4.69, 9.17) is 6.57 Å². The van der Waals surface area contributed by atoms with E-state index in [0.29, 0.717) is 38.8 Å². The normalized spacial score (nSPS) is 11.8. The van der Waals surface area contributed by atoms with Gasteiger partial charge in [0.15, 0.2) is 5.69 Å². The van der Waals surface area contributed by atoms with Gasteiger partial charge in [-0.3, -0.25) is 0 Å². The quantitative estimate of drug-likeness (QED) is 0.168. The number of fused-ring (bicyclic) bond motifs is 6. The number of halogens is 3. The highest BCUT2D eigenvalue weighted by Crippen LogP contribution is 2.46. The van der Waals surface area contributed by atoms with Crippen molar-refractivity contribution in [2.45, 2.75) is 20.0 Å². The molecule has 0 N–H and O–H groups in total. The van der Waals surface area contributed by atoms with Crippen molar-refractivity contribution in [2.24, 2.45) is 0 Å². The predicted molar refractivity (Wildman–Crippen MR) is 211 cm³/mol. The molecule has 0 saturated carbocycles. The summed E-state index contributed by atoms with van der Waals surface area (Å²) in [5.74, 6) is 0. The van der Waals surface area contributed by atoms with Crippen LogP contribution in [0.25, 0.3) is 82.1 Å². The Kier molecular flexibility index (Phi) is 7.44. The molecule has 258 valence electrons. The Hall–Kier alpha value is -7.09. The highest BCUT2D eigenvalue weighted by molar-refractivity contribution is 6.12. The summed E-state index contributed by atoms with van der Waals surface area (Å²) in [4.78, 5) is 4.07. The lowest BCUT2D eigenvalue weighted by Gasteiger charge is -2.21. The minimum atomic E-state index is -4.51. The summed E-state index contributed by atoms with van der Waals surface area (Å²) in [6.07, 6.45) is -4.51. The Morgan fingerprint density at radius 3 is 1.91 bits per heavy atom. The molecular formula is C47H29F3N4. The zero-order valence-electron chi connectivity index (χ0n) is 29.2. The second-order valence-electron chi connectivity index (χ2n) is 13.6. The minimum Gasteiger partial charge on any atom is -0.310 e. The molecule has 4 nitrogen and oxygen atoms in total. The Bertz CT molecular complexity index is 3090. The first-order valence-corrected chi connectivity index (χ1v) is 17.4. The van der Waals surface area contributed by atoms with E-state index in [9.17, 15) is 18.4 Å². The molecule has 0 bridgehead atoms. The van der Waals surface area contributed by atoms with Gasteiger partial charge in [-0.05, 0) is 109 Å². The van der Waals surface area contributed by atoms with Crippen molar-refractivity contribution < 1.29 is 13.2 Å². The van der Waals surface area contributed by atoms with Crippen LogP contribution >= 0.6 is 0 Å². The largest absolute Gasteiger partial charge is 0.416 e. The zero-order valence-corrected chi connectivity index (χ0v) is 29.2. The van der Waals surface area contributed by atoms with Crippen LogP contribution in [0.2, 0.25) is 0 Å². The maximum atomic E-state index is 14.0. The second-order valence-corrected chi connectivity index (χ2v) is 13.6. The molecule has 0 radical (unpaired) electrons. The number of alkyl halides is 3. The van der Waals surface area contributed by atoms with Gasteiger partial charge < -0.3 is 9.13 Å². The molecule has 2 heterocycles. The van der Waals surface area contributed by atoms with E-state index in [1.807, 2.05) is 72.2 Å². The molecule has 0 unspecified atom stereocenters. The van der Waals surface area contributed by atoms with Gasteiger partial charge in [0.05, 0.1) is 51.5 Å². The summed E-state index contributed by atoms with van der Waals surface area (Å²) >= 11 is 0. The van der Waals surface area contributed by atoms with E-state index in [1.54, 1.807) is 12.1 Å². The lowest BCUT2D eigenvalue weighted by Crippen LogP contribution is -2.04. The van der Waals surface area contributed by atoms with Crippen molar-refractivity contribution in [3.05, 3.63) is 173 Å². The highest BCUT2D eigenvalue weighted by Gasteiger charge is 2.31. The second kappa shape index (κ2) is 12.3. The summed E-state index contributed by atoms with van der Waals surface area (Å²) in [5, 5.41) is 12.9. The van der Waals surface area contributed by atoms with Gasteiger partial charge in [-0.15, -0.1) is 0 Å². The van der Waals surface area contributed by atoms with E-state index in [1.165, 1.54) is 12.1 Å². The third-order valence-electron chi connectivity index (χ3n) is 10.4. The molecule has 2 aromatic heterocycles. The summed E-state index contributed by atoms with van der Waals surface area (Å²) in [6, 6.07) is 45.6. The number of nitrogens with zero attached hydrogens (tertiary/aromatic N) is 4. The van der Waals surface area contributed by atoms with Crippen LogP contribution < -0.4 is 0 Å². The fourth-order valence-corrected chi connectivity index (χ4v) is 7.99. The third-order valence-corrected chi connectivity index (χ3v) is 10.4. The van der Waals surface area contributed by atoms with Crippen LogP contribution in [0.5, 0.6) is 0 Å². The molecule has 0 amide bonds. The number of benzene rings is 7. The molecular weight excluding hydrogens is 678 g/mol. The SMILES string of the molecule is [C-]#[N+]c1cccc(-n2c3ccccc3c3cc(C(F)(F)F)ccc32)c1-c1cc(-c2ccc(C#N)cc2C)ccc1-n1c2ccccc2c2cc(C)ccc21. The van der Waals surface area contributed by atoms with Gasteiger partial charge in [0.25, 0.3) is 0 Å². The number of hydrogen-bond donors (Lipinski definition) is 0. The molecule has 0 fully saturated rings. The number of hydrogen-bond acceptors (Lipinski definition) is 1. The van der Waals surface area contributed by atoms with Crippen LogP contribution in [-0.2, 0) is 6.18 Å². The highest BCUT2D eigenvalue weighted by atomic mass is 19.4. The number of aromatic nitrogens is 2. The van der Waals surface area contributed by atoms with Gasteiger partial charge >= 0.3 is 6.18 Å². The standard InChI is InChI=1S/C47H29F3N4/c1-28-15-20-42-36(23-28)34-9-4-6-12-40(34)53(42)44-21-17-31(33-19-16-30(27-51)24-29(33)2)25-38(44)46-39(52-3)11-8-14-45(46)54-41-13-7-5-10-35(41)37-26-32(47(48,49)50)18-22-43(37)54/h4-26H,1-2H3. The van der Waals surface area contributed by atoms with E-state index < -0.39 is 11.7 Å². The molecule has 9 rings (SSSR count). The maximum absolute atomic E-state index is 14.0.